The standard InChI is InChI=1S/C15H16N2O3/c1-9-6-7-11(13(8-9)19-2)14-16-15(20-17-14)10-4-3-5-12(10)18/h6-8,10H,3-5H2,1-2H3. The number of hydrogen-bond donors (Lipinski definition) is 0. The van der Waals surface area contributed by atoms with E-state index >= 15 is 0 Å². The maximum Gasteiger partial charge on any atom is 0.237 e. The summed E-state index contributed by atoms with van der Waals surface area (Å²) in [7, 11) is 1.61. The molecule has 2 aromatic rings. The molecule has 0 radical (unpaired) electrons. The lowest BCUT2D eigenvalue weighted by Gasteiger charge is -2.05. The molecule has 0 spiro atoms. The number of benzene rings is 1. The lowest BCUT2D eigenvalue weighted by Crippen LogP contribution is -2.04. The van der Waals surface area contributed by atoms with Crippen molar-refractivity contribution < 1.29 is 14.1 Å². The van der Waals surface area contributed by atoms with Gasteiger partial charge in [0.15, 0.2) is 0 Å². The molecule has 5 nitrogen and oxygen atoms in total. The fourth-order valence-electron chi connectivity index (χ4n) is 2.55. The van der Waals surface area contributed by atoms with Crippen molar-refractivity contribution in [2.75, 3.05) is 7.11 Å². The van der Waals surface area contributed by atoms with Crippen LogP contribution in [-0.2, 0) is 4.79 Å². The normalized spacial score (nSPS) is 18.5. The summed E-state index contributed by atoms with van der Waals surface area (Å²) >= 11 is 0. The number of nitrogens with zero attached hydrogens (tertiary/aromatic N) is 2. The van der Waals surface area contributed by atoms with E-state index in [4.69, 9.17) is 9.26 Å². The first-order valence-electron chi connectivity index (χ1n) is 6.70. The highest BCUT2D eigenvalue weighted by Gasteiger charge is 2.31. The van der Waals surface area contributed by atoms with Crippen molar-refractivity contribution in [2.45, 2.75) is 32.1 Å². The second kappa shape index (κ2) is 5.07. The topological polar surface area (TPSA) is 65.2 Å². The maximum absolute atomic E-state index is 11.7. The summed E-state index contributed by atoms with van der Waals surface area (Å²) in [4.78, 5) is 16.1. The molecule has 3 rings (SSSR count). The summed E-state index contributed by atoms with van der Waals surface area (Å²) in [5.41, 5.74) is 1.87. The van der Waals surface area contributed by atoms with Gasteiger partial charge in [-0.1, -0.05) is 11.2 Å². The third kappa shape index (κ3) is 2.19. The molecule has 1 aliphatic rings. The van der Waals surface area contributed by atoms with E-state index in [2.05, 4.69) is 10.1 Å². The van der Waals surface area contributed by atoms with Crippen LogP contribution in [-0.4, -0.2) is 23.0 Å². The molecular formula is C15H16N2O3. The Morgan fingerprint density at radius 3 is 2.95 bits per heavy atom. The van der Waals surface area contributed by atoms with Gasteiger partial charge in [0.25, 0.3) is 0 Å². The number of rotatable bonds is 3. The summed E-state index contributed by atoms with van der Waals surface area (Å²) < 4.78 is 10.6. The van der Waals surface area contributed by atoms with Gasteiger partial charge in [0.2, 0.25) is 11.7 Å². The molecule has 0 N–H and O–H groups in total. The third-order valence-corrected chi connectivity index (χ3v) is 3.64. The lowest BCUT2D eigenvalue weighted by molar-refractivity contribution is -0.119. The fourth-order valence-corrected chi connectivity index (χ4v) is 2.55. The zero-order chi connectivity index (χ0) is 14.1. The monoisotopic (exact) mass is 272 g/mol. The van der Waals surface area contributed by atoms with Gasteiger partial charge in [-0.05, 0) is 37.5 Å². The van der Waals surface area contributed by atoms with Crippen molar-refractivity contribution in [2.24, 2.45) is 0 Å². The molecular weight excluding hydrogens is 256 g/mol. The number of ether oxygens (including phenoxy) is 1. The third-order valence-electron chi connectivity index (χ3n) is 3.64. The van der Waals surface area contributed by atoms with E-state index in [1.54, 1.807) is 7.11 Å². The van der Waals surface area contributed by atoms with Crippen LogP contribution >= 0.6 is 0 Å². The van der Waals surface area contributed by atoms with Crippen LogP contribution in [0.25, 0.3) is 11.4 Å². The lowest BCUT2D eigenvalue weighted by atomic mass is 10.1. The van der Waals surface area contributed by atoms with Crippen LogP contribution in [0, 0.1) is 6.92 Å². The Balaban J connectivity index is 1.96. The Hall–Kier alpha value is -2.17. The Bertz CT molecular complexity index is 648. The largest absolute Gasteiger partial charge is 0.496 e. The van der Waals surface area contributed by atoms with Crippen LogP contribution < -0.4 is 4.74 Å². The van der Waals surface area contributed by atoms with Gasteiger partial charge in [0.05, 0.1) is 18.6 Å². The van der Waals surface area contributed by atoms with Crippen molar-refractivity contribution in [1.29, 1.82) is 0 Å². The Morgan fingerprint density at radius 1 is 1.40 bits per heavy atom. The molecule has 104 valence electrons. The quantitative estimate of drug-likeness (QED) is 0.859. The van der Waals surface area contributed by atoms with E-state index in [0.717, 1.165) is 24.0 Å². The van der Waals surface area contributed by atoms with Gasteiger partial charge in [0.1, 0.15) is 11.5 Å². The molecule has 0 amide bonds. The molecule has 1 atom stereocenters. The number of hydrogen-bond acceptors (Lipinski definition) is 5. The van der Waals surface area contributed by atoms with Crippen molar-refractivity contribution in [3.05, 3.63) is 29.7 Å². The first-order valence-corrected chi connectivity index (χ1v) is 6.70. The minimum atomic E-state index is -0.229. The minimum absolute atomic E-state index is 0.191. The maximum atomic E-state index is 11.7. The van der Waals surface area contributed by atoms with Crippen LogP contribution in [0.5, 0.6) is 5.75 Å². The van der Waals surface area contributed by atoms with Crippen LogP contribution in [0.1, 0.15) is 36.6 Å². The highest BCUT2D eigenvalue weighted by molar-refractivity contribution is 5.86. The number of aromatic nitrogens is 2. The smallest absolute Gasteiger partial charge is 0.237 e. The van der Waals surface area contributed by atoms with Crippen molar-refractivity contribution in [1.82, 2.24) is 10.1 Å². The van der Waals surface area contributed by atoms with Gasteiger partial charge >= 0.3 is 0 Å². The molecule has 0 saturated heterocycles. The second-order valence-corrected chi connectivity index (χ2v) is 5.07. The molecule has 1 saturated carbocycles. The van der Waals surface area contributed by atoms with E-state index in [-0.39, 0.29) is 11.7 Å². The van der Waals surface area contributed by atoms with Crippen LogP contribution in [0.3, 0.4) is 0 Å². The van der Waals surface area contributed by atoms with Crippen molar-refractivity contribution >= 4 is 5.78 Å². The first kappa shape index (κ1) is 12.8. The van der Waals surface area contributed by atoms with E-state index in [1.165, 1.54) is 0 Å². The highest BCUT2D eigenvalue weighted by atomic mass is 16.5. The summed E-state index contributed by atoms with van der Waals surface area (Å²) in [5.74, 6) is 1.56. The Kier molecular flexibility index (Phi) is 3.26. The van der Waals surface area contributed by atoms with Crippen molar-refractivity contribution in [3.8, 4) is 17.1 Å². The number of methoxy groups -OCH3 is 1. The van der Waals surface area contributed by atoms with E-state index in [9.17, 15) is 4.79 Å². The van der Waals surface area contributed by atoms with Crippen molar-refractivity contribution in [3.63, 3.8) is 0 Å². The predicted molar refractivity (Wildman–Crippen MR) is 72.6 cm³/mol. The summed E-state index contributed by atoms with van der Waals surface area (Å²) in [6.07, 6.45) is 2.30. The molecule has 1 aromatic carbocycles. The summed E-state index contributed by atoms with van der Waals surface area (Å²) in [6.45, 7) is 1.99. The van der Waals surface area contributed by atoms with Crippen LogP contribution in [0.15, 0.2) is 22.7 Å². The number of carbonyl (C=O) groups is 1. The number of Topliss-reactive ketones (excluding diaryl/α,β-unsaturated/α-hetero) is 1. The van der Waals surface area contributed by atoms with Gasteiger partial charge < -0.3 is 9.26 Å². The molecule has 0 bridgehead atoms. The molecule has 1 fully saturated rings. The van der Waals surface area contributed by atoms with E-state index in [1.807, 2.05) is 25.1 Å². The van der Waals surface area contributed by atoms with Crippen LogP contribution in [0.2, 0.25) is 0 Å². The van der Waals surface area contributed by atoms with Gasteiger partial charge in [0, 0.05) is 6.42 Å². The second-order valence-electron chi connectivity index (χ2n) is 5.07. The fraction of sp³-hybridized carbons (Fsp3) is 0.400. The SMILES string of the molecule is COc1cc(C)ccc1-c1noc(C2CCCC2=O)n1. The number of carbonyl (C=O) groups excluding carboxylic acids is 1. The van der Waals surface area contributed by atoms with Gasteiger partial charge in [-0.2, -0.15) is 4.98 Å². The molecule has 0 aliphatic heterocycles. The Labute approximate surface area is 116 Å². The zero-order valence-corrected chi connectivity index (χ0v) is 11.5. The highest BCUT2D eigenvalue weighted by Crippen LogP contribution is 2.33. The van der Waals surface area contributed by atoms with Gasteiger partial charge in [-0.25, -0.2) is 0 Å². The zero-order valence-electron chi connectivity index (χ0n) is 11.5. The van der Waals surface area contributed by atoms with Gasteiger partial charge in [-0.3, -0.25) is 4.79 Å². The molecule has 20 heavy (non-hydrogen) atoms. The number of aryl methyl sites for hydroxylation is 1. The van der Waals surface area contributed by atoms with E-state index in [0.29, 0.717) is 23.9 Å². The average molecular weight is 272 g/mol. The average Bonchev–Trinajstić information content (AvgIpc) is 3.07. The van der Waals surface area contributed by atoms with Crippen LogP contribution in [0.4, 0.5) is 0 Å². The molecule has 1 heterocycles. The molecule has 1 aliphatic carbocycles. The van der Waals surface area contributed by atoms with E-state index < -0.39 is 0 Å². The number of ketones is 1. The molecule has 5 heteroatoms. The summed E-state index contributed by atoms with van der Waals surface area (Å²) in [6, 6.07) is 5.79. The van der Waals surface area contributed by atoms with Gasteiger partial charge in [-0.15, -0.1) is 0 Å². The summed E-state index contributed by atoms with van der Waals surface area (Å²) in [5, 5.41) is 3.99. The molecule has 1 aromatic heterocycles. The first-order chi connectivity index (χ1) is 9.69. The predicted octanol–water partition coefficient (Wildman–Crippen LogP) is 2.89. The Morgan fingerprint density at radius 2 is 2.25 bits per heavy atom. The molecule has 1 unspecified atom stereocenters. The minimum Gasteiger partial charge on any atom is -0.496 e.